The summed E-state index contributed by atoms with van der Waals surface area (Å²) in [6.07, 6.45) is 0.776. The fourth-order valence-electron chi connectivity index (χ4n) is 3.10. The molecular weight excluding hydrogens is 426 g/mol. The van der Waals surface area contributed by atoms with Gasteiger partial charge in [-0.3, -0.25) is 14.9 Å². The monoisotopic (exact) mass is 451 g/mol. The number of carbonyl (C=O) groups is 2. The van der Waals surface area contributed by atoms with Gasteiger partial charge in [0.2, 0.25) is 21.1 Å². The molecule has 1 aliphatic heterocycles. The Morgan fingerprint density at radius 3 is 2.50 bits per heavy atom. The molecule has 30 heavy (non-hydrogen) atoms. The maximum absolute atomic E-state index is 13.0. The summed E-state index contributed by atoms with van der Waals surface area (Å²) in [5, 5.41) is 11.9. The molecule has 1 N–H and O–H groups in total. The van der Waals surface area contributed by atoms with Crippen LogP contribution < -0.4 is 5.32 Å². The summed E-state index contributed by atoms with van der Waals surface area (Å²) < 4.78 is 27.3. The molecule has 0 atom stereocenters. The second-order valence-electron chi connectivity index (χ2n) is 7.49. The second-order valence-corrected chi connectivity index (χ2v) is 10.5. The van der Waals surface area contributed by atoms with Crippen molar-refractivity contribution in [2.75, 3.05) is 31.5 Å². The van der Waals surface area contributed by atoms with Crippen molar-refractivity contribution in [1.82, 2.24) is 19.4 Å². The van der Waals surface area contributed by atoms with E-state index >= 15 is 0 Å². The lowest BCUT2D eigenvalue weighted by atomic mass is 10.1. The van der Waals surface area contributed by atoms with Crippen molar-refractivity contribution in [3.05, 3.63) is 34.8 Å². The highest BCUT2D eigenvalue weighted by Crippen LogP contribution is 2.21. The van der Waals surface area contributed by atoms with Gasteiger partial charge in [-0.15, -0.1) is 10.2 Å². The number of benzene rings is 1. The molecule has 0 unspecified atom stereocenters. The number of anilines is 1. The van der Waals surface area contributed by atoms with Gasteiger partial charge in [0.15, 0.2) is 0 Å². The first-order chi connectivity index (χ1) is 14.2. The Morgan fingerprint density at radius 2 is 1.87 bits per heavy atom. The Morgan fingerprint density at radius 1 is 1.17 bits per heavy atom. The van der Waals surface area contributed by atoms with E-state index in [0.717, 1.165) is 11.4 Å². The van der Waals surface area contributed by atoms with Gasteiger partial charge in [0, 0.05) is 45.1 Å². The lowest BCUT2D eigenvalue weighted by Crippen LogP contribution is -2.49. The summed E-state index contributed by atoms with van der Waals surface area (Å²) in [4.78, 5) is 25.7. The van der Waals surface area contributed by atoms with Crippen LogP contribution in [0.3, 0.4) is 0 Å². The molecule has 2 amide bonds. The average molecular weight is 452 g/mol. The van der Waals surface area contributed by atoms with Gasteiger partial charge in [0.25, 0.3) is 5.91 Å². The van der Waals surface area contributed by atoms with Crippen LogP contribution in [0.25, 0.3) is 0 Å². The van der Waals surface area contributed by atoms with E-state index in [-0.39, 0.29) is 29.5 Å². The van der Waals surface area contributed by atoms with E-state index in [9.17, 15) is 18.0 Å². The zero-order chi connectivity index (χ0) is 21.9. The first-order valence-corrected chi connectivity index (χ1v) is 11.9. The van der Waals surface area contributed by atoms with Crippen LogP contribution in [0.15, 0.2) is 29.2 Å². The summed E-state index contributed by atoms with van der Waals surface area (Å²) in [6.45, 7) is 6.77. The lowest BCUT2D eigenvalue weighted by molar-refractivity contribution is -0.129. The number of rotatable bonds is 6. The first kappa shape index (κ1) is 22.3. The number of hydrogen-bond acceptors (Lipinski definition) is 7. The first-order valence-electron chi connectivity index (χ1n) is 9.66. The fraction of sp³-hybridized carbons (Fsp3) is 0.474. The van der Waals surface area contributed by atoms with Gasteiger partial charge in [-0.05, 0) is 24.1 Å². The van der Waals surface area contributed by atoms with Crippen LogP contribution in [0.1, 0.15) is 36.1 Å². The molecule has 162 valence electrons. The van der Waals surface area contributed by atoms with E-state index in [2.05, 4.69) is 29.4 Å². The molecule has 1 fully saturated rings. The van der Waals surface area contributed by atoms with Crippen molar-refractivity contribution < 1.29 is 18.0 Å². The Kier molecular flexibility index (Phi) is 6.84. The molecular formula is C19H25N5O4S2. The molecule has 3 rings (SSSR count). The number of carbonyl (C=O) groups excluding carboxylic acids is 2. The third kappa shape index (κ3) is 5.21. The molecule has 11 heteroatoms. The molecule has 0 aliphatic carbocycles. The molecule has 2 aromatic rings. The molecule has 9 nitrogen and oxygen atoms in total. The molecule has 0 radical (unpaired) electrons. The molecule has 1 aromatic heterocycles. The maximum atomic E-state index is 13.0. The average Bonchev–Trinajstić information content (AvgIpc) is 3.14. The Balaban J connectivity index is 1.71. The lowest BCUT2D eigenvalue weighted by Gasteiger charge is -2.33. The van der Waals surface area contributed by atoms with Gasteiger partial charge in [0.1, 0.15) is 5.01 Å². The SMILES string of the molecule is CC(=O)N1CCN(S(=O)(=O)c2cccc(C(=O)Nc3nnc(CC(C)C)s3)c2)CC1. The van der Waals surface area contributed by atoms with E-state index in [0.29, 0.717) is 24.1 Å². The van der Waals surface area contributed by atoms with E-state index in [1.807, 2.05) is 0 Å². The zero-order valence-electron chi connectivity index (χ0n) is 17.2. The van der Waals surface area contributed by atoms with Crippen LogP contribution in [-0.4, -0.2) is 65.8 Å². The molecule has 0 bridgehead atoms. The number of hydrogen-bond donors (Lipinski definition) is 1. The van der Waals surface area contributed by atoms with Crippen LogP contribution in [0.5, 0.6) is 0 Å². The highest BCUT2D eigenvalue weighted by Gasteiger charge is 2.29. The smallest absolute Gasteiger partial charge is 0.257 e. The number of amides is 2. The topological polar surface area (TPSA) is 113 Å². The van der Waals surface area contributed by atoms with E-state index in [1.165, 1.54) is 40.8 Å². The minimum absolute atomic E-state index is 0.0455. The third-order valence-corrected chi connectivity index (χ3v) is 7.44. The van der Waals surface area contributed by atoms with Crippen molar-refractivity contribution >= 4 is 38.3 Å². The van der Waals surface area contributed by atoms with Gasteiger partial charge >= 0.3 is 0 Å². The molecule has 1 saturated heterocycles. The quantitative estimate of drug-likeness (QED) is 0.717. The van der Waals surface area contributed by atoms with Crippen LogP contribution >= 0.6 is 11.3 Å². The molecule has 0 saturated carbocycles. The number of aromatic nitrogens is 2. The Labute approximate surface area is 180 Å². The van der Waals surface area contributed by atoms with Gasteiger partial charge in [-0.25, -0.2) is 8.42 Å². The third-order valence-electron chi connectivity index (χ3n) is 4.69. The number of nitrogens with one attached hydrogen (secondary N) is 1. The second kappa shape index (κ2) is 9.19. The summed E-state index contributed by atoms with van der Waals surface area (Å²) >= 11 is 1.31. The van der Waals surface area contributed by atoms with Crippen molar-refractivity contribution in [3.63, 3.8) is 0 Å². The van der Waals surface area contributed by atoms with Crippen molar-refractivity contribution in [2.45, 2.75) is 32.1 Å². The van der Waals surface area contributed by atoms with Crippen molar-refractivity contribution in [3.8, 4) is 0 Å². The fourth-order valence-corrected chi connectivity index (χ4v) is 5.51. The van der Waals surface area contributed by atoms with Crippen LogP contribution in [-0.2, 0) is 21.2 Å². The summed E-state index contributed by atoms with van der Waals surface area (Å²) in [5.74, 6) is -0.0830. The number of nitrogens with zero attached hydrogens (tertiary/aromatic N) is 4. The summed E-state index contributed by atoms with van der Waals surface area (Å²) in [7, 11) is -3.76. The van der Waals surface area contributed by atoms with Gasteiger partial charge in [-0.1, -0.05) is 31.3 Å². The highest BCUT2D eigenvalue weighted by atomic mass is 32.2. The van der Waals surface area contributed by atoms with Crippen LogP contribution in [0.4, 0.5) is 5.13 Å². The Hall–Kier alpha value is -2.37. The van der Waals surface area contributed by atoms with Gasteiger partial charge in [0.05, 0.1) is 4.90 Å². The zero-order valence-corrected chi connectivity index (χ0v) is 18.8. The largest absolute Gasteiger partial charge is 0.340 e. The molecule has 0 spiro atoms. The van der Waals surface area contributed by atoms with E-state index in [4.69, 9.17) is 0 Å². The molecule has 1 aliphatic rings. The van der Waals surface area contributed by atoms with Crippen molar-refractivity contribution in [1.29, 1.82) is 0 Å². The van der Waals surface area contributed by atoms with E-state index < -0.39 is 15.9 Å². The van der Waals surface area contributed by atoms with E-state index in [1.54, 1.807) is 11.0 Å². The van der Waals surface area contributed by atoms with Crippen LogP contribution in [0, 0.1) is 5.92 Å². The minimum Gasteiger partial charge on any atom is -0.340 e. The van der Waals surface area contributed by atoms with Gasteiger partial charge in [-0.2, -0.15) is 4.31 Å². The van der Waals surface area contributed by atoms with Crippen molar-refractivity contribution in [2.24, 2.45) is 5.92 Å². The predicted octanol–water partition coefficient (Wildman–Crippen LogP) is 1.84. The normalized spacial score (nSPS) is 15.4. The highest BCUT2D eigenvalue weighted by molar-refractivity contribution is 7.89. The summed E-state index contributed by atoms with van der Waals surface area (Å²) in [5.41, 5.74) is 0.221. The predicted molar refractivity (Wildman–Crippen MR) is 114 cm³/mol. The number of sulfonamides is 1. The maximum Gasteiger partial charge on any atom is 0.257 e. The Bertz CT molecular complexity index is 1030. The summed E-state index contributed by atoms with van der Waals surface area (Å²) in [6, 6.07) is 5.92. The molecule has 1 aromatic carbocycles. The van der Waals surface area contributed by atoms with Crippen LogP contribution in [0.2, 0.25) is 0 Å². The number of piperazine rings is 1. The molecule has 2 heterocycles. The standard InChI is InChI=1S/C19H25N5O4S2/c1-13(2)11-17-21-22-19(29-17)20-18(26)15-5-4-6-16(12-15)30(27,28)24-9-7-23(8-10-24)14(3)25/h4-6,12-13H,7-11H2,1-3H3,(H,20,22,26). The van der Waals surface area contributed by atoms with Gasteiger partial charge < -0.3 is 4.90 Å². The minimum atomic E-state index is -3.76.